The fourth-order valence-electron chi connectivity index (χ4n) is 5.55. The molecule has 4 aromatic carbocycles. The number of methoxy groups -OCH3 is 1. The Morgan fingerprint density at radius 1 is 0.909 bits per heavy atom. The van der Waals surface area contributed by atoms with Crippen LogP contribution in [0.15, 0.2) is 103 Å². The van der Waals surface area contributed by atoms with Crippen LogP contribution in [-0.2, 0) is 21.2 Å². The van der Waals surface area contributed by atoms with Crippen LogP contribution in [0, 0.1) is 0 Å². The molecule has 5 aromatic rings. The van der Waals surface area contributed by atoms with Crippen LogP contribution >= 0.6 is 23.2 Å². The van der Waals surface area contributed by atoms with Gasteiger partial charge in [-0.05, 0) is 59.2 Å². The Bertz CT molecular complexity index is 1800. The molecule has 0 saturated heterocycles. The maximum Gasteiger partial charge on any atom is 0.337 e. The molecule has 0 spiro atoms. The number of sulfonamides is 1. The van der Waals surface area contributed by atoms with E-state index >= 15 is 0 Å². The smallest absolute Gasteiger partial charge is 0.337 e. The summed E-state index contributed by atoms with van der Waals surface area (Å²) in [6.07, 6.45) is 1.55. The molecule has 0 bridgehead atoms. The van der Waals surface area contributed by atoms with Gasteiger partial charge in [0.05, 0.1) is 37.6 Å². The van der Waals surface area contributed by atoms with Crippen molar-refractivity contribution in [2.24, 2.45) is 0 Å². The minimum Gasteiger partial charge on any atom is -0.493 e. The molecule has 0 aliphatic carbocycles. The Labute approximate surface area is 267 Å². The molecule has 1 atom stereocenters. The summed E-state index contributed by atoms with van der Waals surface area (Å²) in [4.78, 5) is 11.8. The summed E-state index contributed by atoms with van der Waals surface area (Å²) < 4.78 is 41.0. The fourth-order valence-corrected chi connectivity index (χ4v) is 6.75. The summed E-state index contributed by atoms with van der Waals surface area (Å²) >= 11 is 13.1. The summed E-state index contributed by atoms with van der Waals surface area (Å²) in [5, 5.41) is 1.43. The summed E-state index contributed by atoms with van der Waals surface area (Å²) in [6, 6.07) is 31.5. The summed E-state index contributed by atoms with van der Waals surface area (Å²) in [5.41, 5.74) is 4.94. The Hall–Kier alpha value is -3.82. The van der Waals surface area contributed by atoms with Gasteiger partial charge in [-0.2, -0.15) is 0 Å². The van der Waals surface area contributed by atoms with Gasteiger partial charge < -0.3 is 14.0 Å². The second-order valence-electron chi connectivity index (χ2n) is 10.3. The van der Waals surface area contributed by atoms with Crippen molar-refractivity contribution < 1.29 is 22.7 Å². The first-order valence-electron chi connectivity index (χ1n) is 14.0. The maximum atomic E-state index is 12.6. The molecule has 1 N–H and O–H groups in total. The number of hydrogen-bond donors (Lipinski definition) is 1. The molecule has 44 heavy (non-hydrogen) atoms. The molecule has 1 unspecified atom stereocenters. The number of alkyl halides is 1. The Morgan fingerprint density at radius 2 is 1.52 bits per heavy atom. The number of nitrogens with zero attached hydrogens (tertiary/aromatic N) is 1. The van der Waals surface area contributed by atoms with Crippen molar-refractivity contribution in [3.63, 3.8) is 0 Å². The quantitative estimate of drug-likeness (QED) is 0.114. The van der Waals surface area contributed by atoms with Crippen molar-refractivity contribution in [2.45, 2.75) is 18.5 Å². The van der Waals surface area contributed by atoms with Crippen molar-refractivity contribution in [1.29, 1.82) is 0 Å². The van der Waals surface area contributed by atoms with Gasteiger partial charge in [0.25, 0.3) is 0 Å². The third-order valence-electron chi connectivity index (χ3n) is 7.34. The zero-order chi connectivity index (χ0) is 31.3. The van der Waals surface area contributed by atoms with Gasteiger partial charge in [0, 0.05) is 33.9 Å². The number of hydrogen-bond acceptors (Lipinski definition) is 5. The number of rotatable bonds is 12. The van der Waals surface area contributed by atoms with E-state index in [1.54, 1.807) is 24.3 Å². The van der Waals surface area contributed by atoms with E-state index in [2.05, 4.69) is 33.6 Å². The van der Waals surface area contributed by atoms with Crippen LogP contribution in [0.3, 0.4) is 0 Å². The van der Waals surface area contributed by atoms with Crippen LogP contribution in [0.5, 0.6) is 5.75 Å². The molecular weight excluding hydrogens is 619 g/mol. The topological polar surface area (TPSA) is 86.6 Å². The molecule has 7 nitrogen and oxygen atoms in total. The number of benzene rings is 4. The third-order valence-corrected chi connectivity index (χ3v) is 8.59. The maximum absolute atomic E-state index is 12.6. The second kappa shape index (κ2) is 13.9. The number of esters is 1. The summed E-state index contributed by atoms with van der Waals surface area (Å²) in [6.45, 7) is 0.269. The van der Waals surface area contributed by atoms with Crippen molar-refractivity contribution in [3.05, 3.63) is 136 Å². The fraction of sp³-hybridized carbons (Fsp3) is 0.206. The minimum atomic E-state index is -3.64. The van der Waals surface area contributed by atoms with Gasteiger partial charge in [0.15, 0.2) is 0 Å². The summed E-state index contributed by atoms with van der Waals surface area (Å²) in [5.74, 6) is 0.148. The Balaban J connectivity index is 1.68. The molecule has 1 aromatic heterocycles. The highest BCUT2D eigenvalue weighted by Gasteiger charge is 2.31. The molecule has 0 aliphatic rings. The molecular formula is C34H32Cl2N2O5S. The van der Waals surface area contributed by atoms with Gasteiger partial charge in [0.2, 0.25) is 10.0 Å². The molecule has 0 radical (unpaired) electrons. The molecule has 10 heteroatoms. The van der Waals surface area contributed by atoms with E-state index in [0.29, 0.717) is 22.8 Å². The standard InChI is InChI=1S/C34H32Cl2N2O5S/c1-42-34(39)25-13-16-27(17-14-25)43-20-19-28-29-21-26(36)15-18-31(29)38(33(28)30(22-35)37-44(2,40)41)32(23-9-5-3-6-10-23)24-11-7-4-8-12-24/h3-18,21,30,32,37H,19-20,22H2,1-2H3. The number of carbonyl (C=O) groups is 1. The zero-order valence-corrected chi connectivity index (χ0v) is 26.6. The average Bonchev–Trinajstić information content (AvgIpc) is 3.33. The lowest BCUT2D eigenvalue weighted by atomic mass is 9.97. The van der Waals surface area contributed by atoms with Gasteiger partial charge in [-0.25, -0.2) is 17.9 Å². The predicted molar refractivity (Wildman–Crippen MR) is 175 cm³/mol. The van der Waals surface area contributed by atoms with Crippen molar-refractivity contribution in [3.8, 4) is 5.75 Å². The minimum absolute atomic E-state index is 0.00370. The summed E-state index contributed by atoms with van der Waals surface area (Å²) in [7, 11) is -2.30. The van der Waals surface area contributed by atoms with Crippen molar-refractivity contribution in [1.82, 2.24) is 9.29 Å². The number of carbonyl (C=O) groups excluding carboxylic acids is 1. The molecule has 5 rings (SSSR count). The number of fused-ring (bicyclic) bond motifs is 1. The molecule has 0 saturated carbocycles. The number of nitrogens with one attached hydrogen (secondary N) is 1. The van der Waals surface area contributed by atoms with Crippen LogP contribution in [0.2, 0.25) is 5.02 Å². The predicted octanol–water partition coefficient (Wildman–Crippen LogP) is 7.17. The Morgan fingerprint density at radius 3 is 2.07 bits per heavy atom. The molecule has 1 heterocycles. The van der Waals surface area contributed by atoms with Crippen LogP contribution in [0.4, 0.5) is 0 Å². The van der Waals surface area contributed by atoms with Crippen molar-refractivity contribution in [2.75, 3.05) is 25.9 Å². The Kier molecular flexibility index (Phi) is 9.96. The highest BCUT2D eigenvalue weighted by atomic mass is 35.5. The monoisotopic (exact) mass is 650 g/mol. The number of halogens is 2. The van der Waals surface area contributed by atoms with Gasteiger partial charge in [-0.15, -0.1) is 11.6 Å². The lowest BCUT2D eigenvalue weighted by Crippen LogP contribution is -2.32. The van der Waals surface area contributed by atoms with E-state index in [1.165, 1.54) is 7.11 Å². The van der Waals surface area contributed by atoms with Crippen molar-refractivity contribution >= 4 is 50.1 Å². The first-order valence-corrected chi connectivity index (χ1v) is 16.8. The van der Waals surface area contributed by atoms with E-state index in [9.17, 15) is 13.2 Å². The first-order chi connectivity index (χ1) is 21.2. The molecule has 0 aliphatic heterocycles. The highest BCUT2D eigenvalue weighted by Crippen LogP contribution is 2.40. The lowest BCUT2D eigenvalue weighted by molar-refractivity contribution is 0.0600. The van der Waals surface area contributed by atoms with E-state index in [1.807, 2.05) is 54.6 Å². The zero-order valence-electron chi connectivity index (χ0n) is 24.2. The van der Waals surface area contributed by atoms with Gasteiger partial charge >= 0.3 is 5.97 Å². The van der Waals surface area contributed by atoms with E-state index in [0.717, 1.165) is 39.5 Å². The van der Waals surface area contributed by atoms with Crippen LogP contribution in [0.1, 0.15) is 44.8 Å². The first kappa shape index (κ1) is 31.6. The van der Waals surface area contributed by atoms with E-state index in [4.69, 9.17) is 32.7 Å². The highest BCUT2D eigenvalue weighted by molar-refractivity contribution is 7.88. The van der Waals surface area contributed by atoms with Gasteiger partial charge in [-0.1, -0.05) is 72.3 Å². The third kappa shape index (κ3) is 7.11. The number of ether oxygens (including phenoxy) is 2. The lowest BCUT2D eigenvalue weighted by Gasteiger charge is -2.28. The molecule has 0 amide bonds. The van der Waals surface area contributed by atoms with E-state index in [-0.39, 0.29) is 18.5 Å². The number of aromatic nitrogens is 1. The molecule has 0 fully saturated rings. The normalized spacial score (nSPS) is 12.4. The van der Waals surface area contributed by atoms with Gasteiger partial charge in [0.1, 0.15) is 5.75 Å². The van der Waals surface area contributed by atoms with Crippen LogP contribution in [-0.4, -0.2) is 44.8 Å². The van der Waals surface area contributed by atoms with Gasteiger partial charge in [-0.3, -0.25) is 0 Å². The SMILES string of the molecule is COC(=O)c1ccc(OCCc2c(C(CCl)NS(C)(=O)=O)n(C(c3ccccc3)c3ccccc3)c3ccc(Cl)cc23)cc1. The van der Waals surface area contributed by atoms with E-state index < -0.39 is 22.0 Å². The van der Waals surface area contributed by atoms with Crippen LogP contribution in [0.25, 0.3) is 10.9 Å². The largest absolute Gasteiger partial charge is 0.493 e. The second-order valence-corrected chi connectivity index (χ2v) is 12.9. The molecule has 228 valence electrons. The average molecular weight is 652 g/mol. The van der Waals surface area contributed by atoms with Crippen LogP contribution < -0.4 is 9.46 Å².